The van der Waals surface area contributed by atoms with Gasteiger partial charge in [-0.2, -0.15) is 0 Å². The summed E-state index contributed by atoms with van der Waals surface area (Å²) >= 11 is 0. The predicted octanol–water partition coefficient (Wildman–Crippen LogP) is 3.57. The quantitative estimate of drug-likeness (QED) is 0.450. The molecule has 2 aromatic carbocycles. The van der Waals surface area contributed by atoms with Crippen molar-refractivity contribution in [2.75, 3.05) is 5.32 Å². The van der Waals surface area contributed by atoms with Gasteiger partial charge >= 0.3 is 0 Å². The van der Waals surface area contributed by atoms with E-state index in [9.17, 15) is 23.7 Å². The smallest absolute Gasteiger partial charge is 0.287 e. The maximum Gasteiger partial charge on any atom is 0.287 e. The molecule has 0 aliphatic heterocycles. The van der Waals surface area contributed by atoms with Crippen molar-refractivity contribution in [3.63, 3.8) is 0 Å². The Kier molecular flexibility index (Phi) is 6.28. The minimum atomic E-state index is -0.945. The number of aromatic nitrogens is 1. The molecular formula is C20H16F2N4O4. The van der Waals surface area contributed by atoms with Gasteiger partial charge in [-0.1, -0.05) is 12.1 Å². The molecule has 0 spiro atoms. The predicted molar refractivity (Wildman–Crippen MR) is 104 cm³/mol. The third-order valence-electron chi connectivity index (χ3n) is 4.00. The number of carbonyl (C=O) groups is 1. The number of nitrogens with two attached hydrogens (primary N) is 1. The molecule has 1 heterocycles. The summed E-state index contributed by atoms with van der Waals surface area (Å²) in [6.45, 7) is 0. The molecule has 0 radical (unpaired) electrons. The van der Waals surface area contributed by atoms with Crippen LogP contribution in [-0.2, 0) is 11.2 Å². The molecule has 1 atom stereocenters. The number of carbonyl (C=O) groups excluding carboxylic acids is 1. The van der Waals surface area contributed by atoms with E-state index in [2.05, 4.69) is 10.3 Å². The van der Waals surface area contributed by atoms with Gasteiger partial charge in [-0.05, 0) is 36.2 Å². The molecule has 0 aliphatic rings. The maximum atomic E-state index is 13.2. The lowest BCUT2D eigenvalue weighted by Crippen LogP contribution is -2.37. The van der Waals surface area contributed by atoms with Crippen molar-refractivity contribution < 1.29 is 23.2 Å². The lowest BCUT2D eigenvalue weighted by Gasteiger charge is -2.13. The highest BCUT2D eigenvalue weighted by Gasteiger charge is 2.15. The van der Waals surface area contributed by atoms with Crippen molar-refractivity contribution in [1.29, 1.82) is 0 Å². The second-order valence-electron chi connectivity index (χ2n) is 6.32. The van der Waals surface area contributed by atoms with Gasteiger partial charge in [0.2, 0.25) is 11.8 Å². The lowest BCUT2D eigenvalue weighted by molar-refractivity contribution is -0.385. The molecule has 30 heavy (non-hydrogen) atoms. The zero-order valence-electron chi connectivity index (χ0n) is 15.4. The first-order valence-electron chi connectivity index (χ1n) is 8.70. The van der Waals surface area contributed by atoms with Crippen LogP contribution in [0.15, 0.2) is 60.8 Å². The molecular weight excluding hydrogens is 398 g/mol. The van der Waals surface area contributed by atoms with Crippen LogP contribution in [0.3, 0.4) is 0 Å². The fourth-order valence-electron chi connectivity index (χ4n) is 2.56. The Hall–Kier alpha value is -3.92. The van der Waals surface area contributed by atoms with E-state index in [4.69, 9.17) is 10.5 Å². The molecule has 3 rings (SSSR count). The van der Waals surface area contributed by atoms with Crippen molar-refractivity contribution in [2.24, 2.45) is 5.73 Å². The third-order valence-corrected chi connectivity index (χ3v) is 4.00. The van der Waals surface area contributed by atoms with Crippen molar-refractivity contribution in [3.8, 4) is 11.6 Å². The highest BCUT2D eigenvalue weighted by molar-refractivity contribution is 5.94. The first-order chi connectivity index (χ1) is 14.3. The van der Waals surface area contributed by atoms with Crippen LogP contribution in [0.2, 0.25) is 0 Å². The number of nitrogens with zero attached hydrogens (tertiary/aromatic N) is 2. The number of amides is 1. The van der Waals surface area contributed by atoms with Crippen molar-refractivity contribution in [1.82, 2.24) is 4.98 Å². The van der Waals surface area contributed by atoms with E-state index in [0.717, 1.165) is 23.9 Å². The Morgan fingerprint density at radius 2 is 1.80 bits per heavy atom. The summed E-state index contributed by atoms with van der Waals surface area (Å²) in [6, 6.07) is 11.0. The van der Waals surface area contributed by atoms with Gasteiger partial charge in [-0.3, -0.25) is 14.9 Å². The number of rotatable bonds is 7. The van der Waals surface area contributed by atoms with Crippen LogP contribution in [0.5, 0.6) is 11.6 Å². The fraction of sp³-hybridized carbons (Fsp3) is 0.100. The Morgan fingerprint density at radius 1 is 1.13 bits per heavy atom. The van der Waals surface area contributed by atoms with E-state index in [1.807, 2.05) is 0 Å². The molecule has 0 saturated heterocycles. The maximum absolute atomic E-state index is 13.2. The number of hydrogen-bond donors (Lipinski definition) is 2. The number of hydrogen-bond acceptors (Lipinski definition) is 6. The van der Waals surface area contributed by atoms with E-state index in [0.29, 0.717) is 11.8 Å². The summed E-state index contributed by atoms with van der Waals surface area (Å²) in [5, 5.41) is 13.0. The standard InChI is InChI=1S/C20H16F2N4O4/c21-13-8-14(22)10-15(9-13)25-20(27)18(23)7-12-1-4-17(5-2-12)30-19-6-3-16(11-24-19)26(28)29/h1-6,8-11,18H,7,23H2,(H,25,27). The number of nitrogens with one attached hydrogen (secondary N) is 1. The molecule has 1 unspecified atom stereocenters. The van der Waals surface area contributed by atoms with E-state index < -0.39 is 28.5 Å². The minimum Gasteiger partial charge on any atom is -0.439 e. The summed E-state index contributed by atoms with van der Waals surface area (Å²) in [6.07, 6.45) is 1.27. The van der Waals surface area contributed by atoms with Gasteiger partial charge in [0.25, 0.3) is 5.69 Å². The van der Waals surface area contributed by atoms with Crippen LogP contribution in [0, 0.1) is 21.7 Å². The second-order valence-corrected chi connectivity index (χ2v) is 6.32. The molecule has 0 bridgehead atoms. The molecule has 0 saturated carbocycles. The molecule has 3 aromatic rings. The normalized spacial score (nSPS) is 11.6. The number of ether oxygens (including phenoxy) is 1. The first-order valence-corrected chi connectivity index (χ1v) is 8.70. The Bertz CT molecular complexity index is 1040. The fourth-order valence-corrected chi connectivity index (χ4v) is 2.56. The zero-order chi connectivity index (χ0) is 21.7. The molecule has 10 heteroatoms. The van der Waals surface area contributed by atoms with Crippen molar-refractivity contribution in [2.45, 2.75) is 12.5 Å². The van der Waals surface area contributed by atoms with Crippen molar-refractivity contribution >= 4 is 17.3 Å². The zero-order valence-corrected chi connectivity index (χ0v) is 15.4. The molecule has 0 aliphatic carbocycles. The Labute approximate surface area is 169 Å². The molecule has 8 nitrogen and oxygen atoms in total. The van der Waals surface area contributed by atoms with Gasteiger partial charge in [-0.25, -0.2) is 13.8 Å². The van der Waals surface area contributed by atoms with Gasteiger partial charge in [-0.15, -0.1) is 0 Å². The summed E-state index contributed by atoms with van der Waals surface area (Å²) in [5.74, 6) is -1.58. The van der Waals surface area contributed by atoms with Gasteiger partial charge in [0.1, 0.15) is 23.6 Å². The Morgan fingerprint density at radius 3 is 2.37 bits per heavy atom. The molecule has 154 valence electrons. The van der Waals surface area contributed by atoms with Crippen molar-refractivity contribution in [3.05, 3.63) is 88.1 Å². The molecule has 1 aromatic heterocycles. The number of benzene rings is 2. The SMILES string of the molecule is NC(Cc1ccc(Oc2ccc([N+](=O)[O-])cn2)cc1)C(=O)Nc1cc(F)cc(F)c1. The molecule has 3 N–H and O–H groups in total. The van der Waals surface area contributed by atoms with Crippen LogP contribution in [-0.4, -0.2) is 21.9 Å². The van der Waals surface area contributed by atoms with Crippen LogP contribution in [0.25, 0.3) is 0 Å². The topological polar surface area (TPSA) is 120 Å². The average molecular weight is 414 g/mol. The highest BCUT2D eigenvalue weighted by Crippen LogP contribution is 2.22. The summed E-state index contributed by atoms with van der Waals surface area (Å²) in [7, 11) is 0. The first kappa shape index (κ1) is 20.8. The van der Waals surface area contributed by atoms with E-state index in [1.54, 1.807) is 24.3 Å². The minimum absolute atomic E-state index is 0.0210. The van der Waals surface area contributed by atoms with Gasteiger partial charge in [0.15, 0.2) is 0 Å². The van der Waals surface area contributed by atoms with Crippen LogP contribution in [0.1, 0.15) is 5.56 Å². The number of nitro groups is 1. The molecule has 0 fully saturated rings. The number of anilines is 1. The van der Waals surface area contributed by atoms with Gasteiger partial charge in [0.05, 0.1) is 11.0 Å². The number of pyridine rings is 1. The largest absolute Gasteiger partial charge is 0.439 e. The monoisotopic (exact) mass is 414 g/mol. The van der Waals surface area contributed by atoms with Crippen LogP contribution < -0.4 is 15.8 Å². The van der Waals surface area contributed by atoms with E-state index >= 15 is 0 Å². The highest BCUT2D eigenvalue weighted by atomic mass is 19.1. The van der Waals surface area contributed by atoms with Gasteiger partial charge in [0, 0.05) is 23.9 Å². The number of halogens is 2. The van der Waals surface area contributed by atoms with Gasteiger partial charge < -0.3 is 15.8 Å². The van der Waals surface area contributed by atoms with E-state index in [1.165, 1.54) is 12.1 Å². The van der Waals surface area contributed by atoms with Crippen LogP contribution in [0.4, 0.5) is 20.2 Å². The summed E-state index contributed by atoms with van der Waals surface area (Å²) in [5.41, 5.74) is 6.44. The second kappa shape index (κ2) is 9.05. The van der Waals surface area contributed by atoms with E-state index in [-0.39, 0.29) is 23.7 Å². The summed E-state index contributed by atoms with van der Waals surface area (Å²) in [4.78, 5) is 26.1. The summed E-state index contributed by atoms with van der Waals surface area (Å²) < 4.78 is 31.9. The van der Waals surface area contributed by atoms with Crippen LogP contribution >= 0.6 is 0 Å². The lowest BCUT2D eigenvalue weighted by atomic mass is 10.1. The average Bonchev–Trinajstić information content (AvgIpc) is 2.69. The Balaban J connectivity index is 1.57. The third kappa shape index (κ3) is 5.55. The molecule has 1 amide bonds.